The molecule has 0 bridgehead atoms. The van der Waals surface area contributed by atoms with Crippen molar-refractivity contribution in [2.75, 3.05) is 10.8 Å². The number of rotatable bonds is 5. The van der Waals surface area contributed by atoms with Crippen molar-refractivity contribution in [1.29, 1.82) is 5.26 Å². The van der Waals surface area contributed by atoms with Crippen LogP contribution in [-0.2, 0) is 16.4 Å². The van der Waals surface area contributed by atoms with Gasteiger partial charge in [-0.3, -0.25) is 14.1 Å². The summed E-state index contributed by atoms with van der Waals surface area (Å²) in [6, 6.07) is 20.3. The van der Waals surface area contributed by atoms with Crippen LogP contribution in [0.2, 0.25) is 0 Å². The van der Waals surface area contributed by atoms with Crippen molar-refractivity contribution in [2.24, 2.45) is 0 Å². The van der Waals surface area contributed by atoms with Crippen LogP contribution in [0.25, 0.3) is 0 Å². The van der Waals surface area contributed by atoms with Gasteiger partial charge in [0.2, 0.25) is 0 Å². The van der Waals surface area contributed by atoms with E-state index in [-0.39, 0.29) is 10.5 Å². The number of benzene rings is 2. The van der Waals surface area contributed by atoms with Crippen LogP contribution in [0.5, 0.6) is 0 Å². The van der Waals surface area contributed by atoms with Crippen LogP contribution in [0.1, 0.15) is 34.0 Å². The highest BCUT2D eigenvalue weighted by atomic mass is 32.2. The van der Waals surface area contributed by atoms with E-state index in [0.717, 1.165) is 18.4 Å². The van der Waals surface area contributed by atoms with E-state index in [1.54, 1.807) is 24.3 Å². The maximum atomic E-state index is 13.4. The van der Waals surface area contributed by atoms with Crippen LogP contribution in [-0.4, -0.2) is 25.7 Å². The number of anilines is 1. The van der Waals surface area contributed by atoms with Crippen LogP contribution >= 0.6 is 0 Å². The summed E-state index contributed by atoms with van der Waals surface area (Å²) >= 11 is 0. The van der Waals surface area contributed by atoms with E-state index >= 15 is 0 Å². The first-order chi connectivity index (χ1) is 14.5. The number of nitriles is 1. The molecule has 1 aromatic heterocycles. The second-order valence-electron chi connectivity index (χ2n) is 7.02. The van der Waals surface area contributed by atoms with Crippen LogP contribution in [0.15, 0.2) is 77.8 Å². The largest absolute Gasteiger partial charge is 0.292 e. The number of fused-ring (bicyclic) bond motifs is 1. The zero-order chi connectivity index (χ0) is 21.1. The summed E-state index contributed by atoms with van der Waals surface area (Å²) in [6.45, 7) is 0.381. The Bertz CT molecular complexity index is 1230. The van der Waals surface area contributed by atoms with Crippen molar-refractivity contribution in [1.82, 2.24) is 4.98 Å². The first kappa shape index (κ1) is 19.8. The number of aryl methyl sites for hydroxylation is 1. The highest BCUT2D eigenvalue weighted by Crippen LogP contribution is 2.32. The van der Waals surface area contributed by atoms with Gasteiger partial charge in [-0.15, -0.1) is 0 Å². The minimum atomic E-state index is -3.85. The van der Waals surface area contributed by atoms with Gasteiger partial charge in [0.1, 0.15) is 0 Å². The van der Waals surface area contributed by atoms with Gasteiger partial charge in [0.15, 0.2) is 11.7 Å². The van der Waals surface area contributed by atoms with Gasteiger partial charge in [-0.05, 0) is 48.7 Å². The van der Waals surface area contributed by atoms with Gasteiger partial charge in [0, 0.05) is 18.3 Å². The van der Waals surface area contributed by atoms with Gasteiger partial charge in [0.05, 0.1) is 22.3 Å². The predicted molar refractivity (Wildman–Crippen MR) is 113 cm³/mol. The minimum absolute atomic E-state index is 0.0303. The van der Waals surface area contributed by atoms with E-state index in [9.17, 15) is 18.5 Å². The quantitative estimate of drug-likeness (QED) is 0.590. The number of para-hydroxylation sites is 1. The summed E-state index contributed by atoms with van der Waals surface area (Å²) in [4.78, 5) is 17.1. The number of sulfonamides is 1. The molecule has 0 unspecified atom stereocenters. The van der Waals surface area contributed by atoms with Crippen LogP contribution in [0.4, 0.5) is 5.69 Å². The molecule has 0 saturated heterocycles. The molecular formula is C23H19N3O3S. The molecule has 30 heavy (non-hydrogen) atoms. The van der Waals surface area contributed by atoms with Crippen LogP contribution in [0.3, 0.4) is 0 Å². The normalized spacial score (nSPS) is 14.4. The van der Waals surface area contributed by atoms with Gasteiger partial charge < -0.3 is 0 Å². The zero-order valence-corrected chi connectivity index (χ0v) is 16.9. The first-order valence-corrected chi connectivity index (χ1v) is 11.0. The van der Waals surface area contributed by atoms with E-state index in [1.165, 1.54) is 34.8 Å². The number of aromatic nitrogens is 1. The summed E-state index contributed by atoms with van der Waals surface area (Å²) < 4.78 is 28.1. The fourth-order valence-electron chi connectivity index (χ4n) is 3.66. The summed E-state index contributed by atoms with van der Waals surface area (Å²) in [7, 11) is -3.85. The van der Waals surface area contributed by atoms with Crippen molar-refractivity contribution in [3.63, 3.8) is 0 Å². The molecule has 7 heteroatoms. The molecule has 1 atom stereocenters. The number of hydrogen-bond donors (Lipinski definition) is 0. The minimum Gasteiger partial charge on any atom is -0.292 e. The fraction of sp³-hybridized carbons (Fsp3) is 0.174. The summed E-state index contributed by atoms with van der Waals surface area (Å²) in [5.41, 5.74) is 2.16. The van der Waals surface area contributed by atoms with Crippen molar-refractivity contribution in [3.05, 3.63) is 89.7 Å². The van der Waals surface area contributed by atoms with Gasteiger partial charge in [-0.1, -0.05) is 36.4 Å². The van der Waals surface area contributed by atoms with Gasteiger partial charge in [-0.2, -0.15) is 5.26 Å². The molecule has 0 aliphatic carbocycles. The second-order valence-corrected chi connectivity index (χ2v) is 8.88. The molecular weight excluding hydrogens is 398 g/mol. The van der Waals surface area contributed by atoms with Gasteiger partial charge in [0.25, 0.3) is 10.0 Å². The topological polar surface area (TPSA) is 91.1 Å². The molecule has 2 heterocycles. The molecule has 4 rings (SSSR count). The lowest BCUT2D eigenvalue weighted by atomic mass is 9.95. The van der Waals surface area contributed by atoms with Crippen LogP contribution < -0.4 is 4.31 Å². The molecule has 0 fully saturated rings. The molecule has 1 aliphatic rings. The number of nitrogens with zero attached hydrogens (tertiary/aromatic N) is 3. The third-order valence-corrected chi connectivity index (χ3v) is 6.96. The zero-order valence-electron chi connectivity index (χ0n) is 16.1. The number of Topliss-reactive ketones (excluding diaryl/α,β-unsaturated/α-hetero) is 1. The van der Waals surface area contributed by atoms with E-state index in [1.807, 2.05) is 24.3 Å². The van der Waals surface area contributed by atoms with Gasteiger partial charge >= 0.3 is 0 Å². The molecule has 0 spiro atoms. The van der Waals surface area contributed by atoms with E-state index in [0.29, 0.717) is 17.9 Å². The average molecular weight is 417 g/mol. The van der Waals surface area contributed by atoms with Gasteiger partial charge in [-0.25, -0.2) is 8.42 Å². The molecule has 0 radical (unpaired) electrons. The first-order valence-electron chi connectivity index (χ1n) is 9.58. The van der Waals surface area contributed by atoms with E-state index in [4.69, 9.17) is 0 Å². The highest BCUT2D eigenvalue weighted by Gasteiger charge is 2.30. The Morgan fingerprint density at radius 1 is 1.07 bits per heavy atom. The predicted octanol–water partition coefficient (Wildman–Crippen LogP) is 3.71. The summed E-state index contributed by atoms with van der Waals surface area (Å²) in [6.07, 6.45) is 3.07. The summed E-state index contributed by atoms with van der Waals surface area (Å²) in [5, 5.41) is 9.52. The SMILES string of the molecule is N#C[C@H](C(=O)c1cccc(S(=O)(=O)N2CCCc3ccccc32)c1)c1ccccn1. The molecule has 0 amide bonds. The fourth-order valence-corrected chi connectivity index (χ4v) is 5.25. The van der Waals surface area contributed by atoms with Crippen molar-refractivity contribution >= 4 is 21.5 Å². The summed E-state index contributed by atoms with van der Waals surface area (Å²) in [5.74, 6) is -1.58. The van der Waals surface area contributed by atoms with Crippen molar-refractivity contribution in [2.45, 2.75) is 23.7 Å². The number of hydrogen-bond acceptors (Lipinski definition) is 5. The average Bonchev–Trinajstić information content (AvgIpc) is 2.80. The lowest BCUT2D eigenvalue weighted by molar-refractivity contribution is 0.0977. The maximum absolute atomic E-state index is 13.4. The third-order valence-electron chi connectivity index (χ3n) is 5.15. The number of carbonyl (C=O) groups is 1. The molecule has 150 valence electrons. The Morgan fingerprint density at radius 2 is 1.87 bits per heavy atom. The molecule has 0 N–H and O–H groups in total. The lowest BCUT2D eigenvalue weighted by Crippen LogP contribution is -2.35. The number of pyridine rings is 1. The van der Waals surface area contributed by atoms with E-state index in [2.05, 4.69) is 4.98 Å². The lowest BCUT2D eigenvalue weighted by Gasteiger charge is -2.30. The number of ketones is 1. The Kier molecular flexibility index (Phi) is 5.34. The molecule has 2 aromatic carbocycles. The Hall–Kier alpha value is -3.50. The highest BCUT2D eigenvalue weighted by molar-refractivity contribution is 7.92. The number of carbonyl (C=O) groups excluding carboxylic acids is 1. The molecule has 6 nitrogen and oxygen atoms in total. The smallest absolute Gasteiger partial charge is 0.264 e. The maximum Gasteiger partial charge on any atom is 0.264 e. The third kappa shape index (κ3) is 3.58. The Balaban J connectivity index is 1.70. The standard InChI is InChI=1S/C23H19N3O3S/c24-16-20(21-11-3-4-13-25-21)23(27)18-8-5-10-19(15-18)30(28,29)26-14-6-9-17-7-1-2-12-22(17)26/h1-5,7-8,10-13,15,20H,6,9,14H2/t20-/m0/s1. The molecule has 1 aliphatic heterocycles. The van der Waals surface area contributed by atoms with E-state index < -0.39 is 21.7 Å². The van der Waals surface area contributed by atoms with Crippen molar-refractivity contribution in [3.8, 4) is 6.07 Å². The molecule has 0 saturated carbocycles. The van der Waals surface area contributed by atoms with Crippen molar-refractivity contribution < 1.29 is 13.2 Å². The Morgan fingerprint density at radius 3 is 2.63 bits per heavy atom. The van der Waals surface area contributed by atoms with Crippen LogP contribution in [0, 0.1) is 11.3 Å². The molecule has 3 aromatic rings. The second kappa shape index (κ2) is 8.09. The Labute approximate surface area is 175 Å². The monoisotopic (exact) mass is 417 g/mol.